The first-order valence-corrected chi connectivity index (χ1v) is 24.3. The highest BCUT2D eigenvalue weighted by molar-refractivity contribution is 7.90. The van der Waals surface area contributed by atoms with E-state index in [2.05, 4.69) is 47.4 Å². The summed E-state index contributed by atoms with van der Waals surface area (Å²) in [5, 5.41) is 0. The summed E-state index contributed by atoms with van der Waals surface area (Å²) in [6, 6.07) is 24.9. The molecule has 0 bridgehead atoms. The first-order chi connectivity index (χ1) is 28.4. The van der Waals surface area contributed by atoms with Crippen LogP contribution in [0.15, 0.2) is 117 Å². The van der Waals surface area contributed by atoms with E-state index in [1.807, 2.05) is 27.7 Å². The lowest BCUT2D eigenvalue weighted by Gasteiger charge is -2.20. The highest BCUT2D eigenvalue weighted by atomic mass is 32.2. The lowest BCUT2D eigenvalue weighted by molar-refractivity contribution is 0.472. The zero-order valence-corrected chi connectivity index (χ0v) is 36.8. The minimum absolute atomic E-state index is 0.0118. The molecule has 60 heavy (non-hydrogen) atoms. The average Bonchev–Trinajstić information content (AvgIpc) is 3.20. The van der Waals surface area contributed by atoms with Crippen molar-refractivity contribution in [3.8, 4) is 47.4 Å². The minimum atomic E-state index is -4.17. The molecule has 0 radical (unpaired) electrons. The van der Waals surface area contributed by atoms with Gasteiger partial charge in [-0.1, -0.05) is 118 Å². The first kappa shape index (κ1) is 45.8. The van der Waals surface area contributed by atoms with Gasteiger partial charge in [0.15, 0.2) is 0 Å². The van der Waals surface area contributed by atoms with Crippen LogP contribution in [0.2, 0.25) is 0 Å². The summed E-state index contributed by atoms with van der Waals surface area (Å²) in [4.78, 5) is -0.0471. The molecule has 312 valence electrons. The van der Waals surface area contributed by atoms with Gasteiger partial charge in [0.2, 0.25) is 40.1 Å². The summed E-state index contributed by atoms with van der Waals surface area (Å²) in [5.41, 5.74) is 3.38. The average molecular weight is 885 g/mol. The van der Waals surface area contributed by atoms with Crippen molar-refractivity contribution in [3.63, 3.8) is 0 Å². The molecule has 5 rings (SSSR count). The summed E-state index contributed by atoms with van der Waals surface area (Å²) in [5.74, 6) is 22.2. The van der Waals surface area contributed by atoms with Crippen LogP contribution in [0.4, 0.5) is 0 Å². The Hall–Kier alpha value is -5.24. The molecule has 0 saturated carbocycles. The molecule has 0 atom stereocenters. The van der Waals surface area contributed by atoms with Crippen molar-refractivity contribution in [1.29, 1.82) is 0 Å². The van der Waals surface area contributed by atoms with E-state index in [9.17, 15) is 33.7 Å². The van der Waals surface area contributed by atoms with E-state index < -0.39 is 40.1 Å². The number of hydrogen-bond donors (Lipinski definition) is 0. The van der Waals surface area contributed by atoms with Crippen molar-refractivity contribution < 1.29 is 33.7 Å². The molecule has 4 aromatic carbocycles. The van der Waals surface area contributed by atoms with Crippen molar-refractivity contribution in [2.75, 3.05) is 52.4 Å². The minimum Gasteiger partial charge on any atom is -0.207 e. The fourth-order valence-electron chi connectivity index (χ4n) is 5.49. The SMILES string of the molecule is Cc1ccc(S(=O)(=O)N2CC#CCN(S(=O)(=O)c3ccc(C)cc3)CC#CCN(S(=O)(=O)c3ccc(C)cc3)CC#CCN(S(=O)(=O)c3ccc(C)cc3)CC#CC2)cc1. The second kappa shape index (κ2) is 19.9. The summed E-state index contributed by atoms with van der Waals surface area (Å²) in [6.45, 7) is 4.25. The number of benzene rings is 4. The number of aryl methyl sites for hydroxylation is 4. The molecule has 0 spiro atoms. The van der Waals surface area contributed by atoms with Gasteiger partial charge in [0.25, 0.3) is 0 Å². The van der Waals surface area contributed by atoms with Crippen LogP contribution in [-0.4, -0.2) is 103 Å². The van der Waals surface area contributed by atoms with Crippen LogP contribution in [-0.2, 0) is 40.1 Å². The molecule has 12 nitrogen and oxygen atoms in total. The quantitative estimate of drug-likeness (QED) is 0.241. The summed E-state index contributed by atoms with van der Waals surface area (Å²) < 4.78 is 115. The smallest absolute Gasteiger partial charge is 0.207 e. The van der Waals surface area contributed by atoms with Gasteiger partial charge < -0.3 is 0 Å². The molecule has 0 aliphatic carbocycles. The molecule has 16 heteroatoms. The topological polar surface area (TPSA) is 150 Å². The molecule has 1 heterocycles. The Morgan fingerprint density at radius 2 is 0.417 bits per heavy atom. The Balaban J connectivity index is 1.57. The molecule has 1 aliphatic rings. The lowest BCUT2D eigenvalue weighted by Crippen LogP contribution is -2.34. The van der Waals surface area contributed by atoms with Crippen molar-refractivity contribution in [3.05, 3.63) is 119 Å². The third-order valence-corrected chi connectivity index (χ3v) is 16.4. The zero-order valence-electron chi connectivity index (χ0n) is 33.6. The summed E-state index contributed by atoms with van der Waals surface area (Å²) >= 11 is 0. The van der Waals surface area contributed by atoms with Crippen molar-refractivity contribution in [1.82, 2.24) is 17.2 Å². The van der Waals surface area contributed by atoms with Gasteiger partial charge in [-0.05, 0) is 76.2 Å². The van der Waals surface area contributed by atoms with Gasteiger partial charge in [0, 0.05) is 0 Å². The van der Waals surface area contributed by atoms with Gasteiger partial charge in [-0.25, -0.2) is 33.7 Å². The van der Waals surface area contributed by atoms with Crippen LogP contribution in [0, 0.1) is 75.1 Å². The predicted octanol–water partition coefficient (Wildman–Crippen LogP) is 4.01. The molecule has 0 saturated heterocycles. The number of nitrogens with zero attached hydrogens (tertiary/aromatic N) is 4. The van der Waals surface area contributed by atoms with Gasteiger partial charge in [-0.15, -0.1) is 0 Å². The van der Waals surface area contributed by atoms with Crippen LogP contribution in [0.5, 0.6) is 0 Å². The van der Waals surface area contributed by atoms with E-state index >= 15 is 0 Å². The van der Waals surface area contributed by atoms with E-state index in [1.165, 1.54) is 48.5 Å². The van der Waals surface area contributed by atoms with E-state index in [1.54, 1.807) is 48.5 Å². The summed E-state index contributed by atoms with van der Waals surface area (Å²) in [7, 11) is -16.7. The Morgan fingerprint density at radius 1 is 0.283 bits per heavy atom. The molecule has 0 amide bonds. The van der Waals surface area contributed by atoms with Crippen LogP contribution in [0.1, 0.15) is 22.3 Å². The van der Waals surface area contributed by atoms with Gasteiger partial charge in [-0.2, -0.15) is 17.2 Å². The van der Waals surface area contributed by atoms with Crippen LogP contribution < -0.4 is 0 Å². The fourth-order valence-corrected chi connectivity index (χ4v) is 10.5. The first-order valence-electron chi connectivity index (χ1n) is 18.5. The van der Waals surface area contributed by atoms with Crippen molar-refractivity contribution >= 4 is 40.1 Å². The molecule has 0 aromatic heterocycles. The predicted molar refractivity (Wildman–Crippen MR) is 231 cm³/mol. The van der Waals surface area contributed by atoms with Crippen LogP contribution in [0.3, 0.4) is 0 Å². The Labute approximate surface area is 355 Å². The lowest BCUT2D eigenvalue weighted by atomic mass is 10.2. The van der Waals surface area contributed by atoms with Gasteiger partial charge in [0.05, 0.1) is 71.9 Å². The van der Waals surface area contributed by atoms with E-state index in [0.717, 1.165) is 39.5 Å². The second-order valence-electron chi connectivity index (χ2n) is 13.8. The van der Waals surface area contributed by atoms with E-state index in [0.29, 0.717) is 0 Å². The standard InChI is InChI=1S/C44H44N4O8S4/c1-37-13-21-41(22-14-37)57(49,50)45-29-5-7-31-46(58(51,52)42-23-15-38(2)16-24-42)33-9-11-35-48(60(55,56)44-27-19-40(4)20-28-44)36-12-10-34-47(32-8-6-30-45)59(53,54)43-25-17-39(3)18-26-43/h13-28H,29-36H2,1-4H3. The molecule has 1 aliphatic heterocycles. The maximum Gasteiger partial charge on any atom is 0.244 e. The highest BCUT2D eigenvalue weighted by Crippen LogP contribution is 2.20. The van der Waals surface area contributed by atoms with Crippen LogP contribution in [0.25, 0.3) is 0 Å². The number of hydrogen-bond acceptors (Lipinski definition) is 8. The largest absolute Gasteiger partial charge is 0.244 e. The monoisotopic (exact) mass is 884 g/mol. The Morgan fingerprint density at radius 3 is 0.550 bits per heavy atom. The fraction of sp³-hybridized carbons (Fsp3) is 0.273. The highest BCUT2D eigenvalue weighted by Gasteiger charge is 2.27. The Bertz CT molecular complexity index is 2450. The molecule has 4 aromatic rings. The van der Waals surface area contributed by atoms with Gasteiger partial charge in [-0.3, -0.25) is 0 Å². The third kappa shape index (κ3) is 11.5. The number of sulfonamides is 4. The molecule has 0 N–H and O–H groups in total. The van der Waals surface area contributed by atoms with E-state index in [-0.39, 0.29) is 71.9 Å². The number of rotatable bonds is 8. The van der Waals surface area contributed by atoms with Gasteiger partial charge >= 0.3 is 0 Å². The Kier molecular flexibility index (Phi) is 15.2. The van der Waals surface area contributed by atoms with Crippen molar-refractivity contribution in [2.24, 2.45) is 0 Å². The molecule has 0 fully saturated rings. The van der Waals surface area contributed by atoms with Crippen LogP contribution >= 0.6 is 0 Å². The summed E-state index contributed by atoms with van der Waals surface area (Å²) in [6.07, 6.45) is 0. The molecular formula is C44H44N4O8S4. The van der Waals surface area contributed by atoms with E-state index in [4.69, 9.17) is 0 Å². The zero-order chi connectivity index (χ0) is 43.6. The third-order valence-electron chi connectivity index (χ3n) is 9.18. The van der Waals surface area contributed by atoms with Crippen molar-refractivity contribution in [2.45, 2.75) is 47.3 Å². The maximum absolute atomic E-state index is 13.9. The maximum atomic E-state index is 13.9. The second-order valence-corrected chi connectivity index (χ2v) is 21.5. The van der Waals surface area contributed by atoms with Gasteiger partial charge in [0.1, 0.15) is 0 Å². The molecule has 0 unspecified atom stereocenters. The normalized spacial score (nSPS) is 16.1. The molecular weight excluding hydrogens is 841 g/mol.